The molecule has 49 heavy (non-hydrogen) atoms. The topological polar surface area (TPSA) is 105 Å². The molecule has 12 heteroatoms. The van der Waals surface area contributed by atoms with Crippen LogP contribution in [0.3, 0.4) is 0 Å². The number of methoxy groups -OCH3 is 1. The van der Waals surface area contributed by atoms with E-state index in [-0.39, 0.29) is 62.9 Å². The molecule has 1 saturated carbocycles. The number of phenols is 1. The Morgan fingerprint density at radius 1 is 1.06 bits per heavy atom. The molecule has 2 atom stereocenters. The van der Waals surface area contributed by atoms with Crippen LogP contribution in [0.1, 0.15) is 45.1 Å². The van der Waals surface area contributed by atoms with Gasteiger partial charge in [0.2, 0.25) is 5.88 Å². The molecule has 3 aliphatic rings. The first-order valence-electron chi connectivity index (χ1n) is 17.1. The summed E-state index contributed by atoms with van der Waals surface area (Å²) in [7, 11) is 1.45. The highest BCUT2D eigenvalue weighted by Gasteiger charge is 2.45. The molecule has 2 N–H and O–H groups in total. The summed E-state index contributed by atoms with van der Waals surface area (Å²) < 4.78 is 49.8. The molecule has 0 radical (unpaired) electrons. The van der Waals surface area contributed by atoms with Gasteiger partial charge in [-0.2, -0.15) is 9.97 Å². The van der Waals surface area contributed by atoms with Gasteiger partial charge in [0.05, 0.1) is 32.5 Å². The van der Waals surface area contributed by atoms with Crippen molar-refractivity contribution in [2.24, 2.45) is 5.41 Å². The van der Waals surface area contributed by atoms with E-state index in [2.05, 4.69) is 44.9 Å². The van der Waals surface area contributed by atoms with Crippen molar-refractivity contribution in [1.82, 2.24) is 25.2 Å². The van der Waals surface area contributed by atoms with Gasteiger partial charge < -0.3 is 29.5 Å². The number of anilines is 1. The van der Waals surface area contributed by atoms with E-state index in [0.29, 0.717) is 36.3 Å². The molecule has 1 aliphatic carbocycles. The van der Waals surface area contributed by atoms with E-state index in [1.165, 1.54) is 31.4 Å². The van der Waals surface area contributed by atoms with Crippen LogP contribution >= 0.6 is 0 Å². The molecule has 4 heterocycles. The van der Waals surface area contributed by atoms with Crippen molar-refractivity contribution in [3.8, 4) is 41.2 Å². The molecule has 258 valence electrons. The number of morpholine rings is 1. The third kappa shape index (κ3) is 6.43. The van der Waals surface area contributed by atoms with Crippen LogP contribution in [0, 0.1) is 29.4 Å². The number of phenolic OH excluding ortho intramolecular Hbond substituents is 1. The van der Waals surface area contributed by atoms with Crippen LogP contribution < -0.4 is 19.7 Å². The summed E-state index contributed by atoms with van der Waals surface area (Å²) in [5.41, 5.74) is -0.208. The highest BCUT2D eigenvalue weighted by Crippen LogP contribution is 2.47. The maximum atomic E-state index is 17.1. The number of rotatable bonds is 10. The number of hydrogen-bond acceptors (Lipinski definition) is 10. The Hall–Kier alpha value is -4.31. The highest BCUT2D eigenvalue weighted by molar-refractivity contribution is 6.04. The number of nitrogens with zero attached hydrogens (tertiary/aromatic N) is 5. The van der Waals surface area contributed by atoms with E-state index < -0.39 is 11.6 Å². The molecule has 0 amide bonds. The number of fused-ring (bicyclic) bond motifs is 2. The van der Waals surface area contributed by atoms with Gasteiger partial charge in [-0.3, -0.25) is 4.90 Å². The van der Waals surface area contributed by atoms with Gasteiger partial charge in [0.15, 0.2) is 5.82 Å². The van der Waals surface area contributed by atoms with E-state index in [1.807, 2.05) is 0 Å². The Bertz CT molecular complexity index is 1910. The lowest BCUT2D eigenvalue weighted by Gasteiger charge is -2.39. The fraction of sp³-hybridized carbons (Fsp3) is 0.486. The lowest BCUT2D eigenvalue weighted by Crippen LogP contribution is -2.56. The molecule has 0 bridgehead atoms. The summed E-state index contributed by atoms with van der Waals surface area (Å²) in [5, 5.41) is 15.4. The van der Waals surface area contributed by atoms with Gasteiger partial charge in [0.25, 0.3) is 0 Å². The van der Waals surface area contributed by atoms with Crippen LogP contribution in [0.2, 0.25) is 0 Å². The average molecular weight is 673 g/mol. The van der Waals surface area contributed by atoms with Crippen molar-refractivity contribution < 1.29 is 28.1 Å². The number of aromatic nitrogens is 3. The second kappa shape index (κ2) is 13.5. The SMILES string of the molecule is C#Cc1c(F)ccc2cc(O)cc(-c3nc(OC)c4c(N5CC(CC)NC(CC)C5)nc(OCC5(CN6CCOCC6)CC5)nc4c3F)c12. The molecular formula is C37H42F2N6O4. The minimum absolute atomic E-state index is 0.0265. The number of piperazine rings is 1. The molecule has 0 spiro atoms. The predicted octanol–water partition coefficient (Wildman–Crippen LogP) is 5.28. The van der Waals surface area contributed by atoms with Gasteiger partial charge >= 0.3 is 6.01 Å². The molecule has 10 nitrogen and oxygen atoms in total. The number of pyridine rings is 1. The van der Waals surface area contributed by atoms with Gasteiger partial charge in [-0.1, -0.05) is 25.8 Å². The van der Waals surface area contributed by atoms with Crippen molar-refractivity contribution in [2.45, 2.75) is 51.6 Å². The van der Waals surface area contributed by atoms with Crippen LogP contribution in [0.4, 0.5) is 14.6 Å². The van der Waals surface area contributed by atoms with Crippen molar-refractivity contribution in [2.75, 3.05) is 64.6 Å². The molecule has 2 aliphatic heterocycles. The van der Waals surface area contributed by atoms with Crippen molar-refractivity contribution in [1.29, 1.82) is 0 Å². The molecule has 7 rings (SSSR count). The first-order valence-corrected chi connectivity index (χ1v) is 17.1. The fourth-order valence-electron chi connectivity index (χ4n) is 7.16. The lowest BCUT2D eigenvalue weighted by molar-refractivity contribution is 0.0231. The predicted molar refractivity (Wildman–Crippen MR) is 184 cm³/mol. The Labute approximate surface area is 284 Å². The number of hydrogen-bond donors (Lipinski definition) is 2. The van der Waals surface area contributed by atoms with E-state index in [0.717, 1.165) is 58.5 Å². The summed E-state index contributed by atoms with van der Waals surface area (Å²) in [6.45, 7) is 10.0. The van der Waals surface area contributed by atoms with Gasteiger partial charge in [-0.25, -0.2) is 13.8 Å². The smallest absolute Gasteiger partial charge is 0.319 e. The summed E-state index contributed by atoms with van der Waals surface area (Å²) >= 11 is 0. The number of terminal acetylenes is 1. The van der Waals surface area contributed by atoms with Crippen molar-refractivity contribution in [3.63, 3.8) is 0 Å². The number of nitrogens with one attached hydrogen (secondary N) is 1. The Balaban J connectivity index is 1.38. The number of halogens is 2. The van der Waals surface area contributed by atoms with Crippen LogP contribution in [-0.4, -0.2) is 96.7 Å². The van der Waals surface area contributed by atoms with Crippen LogP contribution in [0.5, 0.6) is 17.6 Å². The third-order valence-corrected chi connectivity index (χ3v) is 10.1. The van der Waals surface area contributed by atoms with E-state index in [1.54, 1.807) is 0 Å². The minimum Gasteiger partial charge on any atom is -0.508 e. The number of aromatic hydroxyl groups is 1. The zero-order valence-electron chi connectivity index (χ0n) is 28.2. The second-order valence-electron chi connectivity index (χ2n) is 13.5. The molecule has 3 fully saturated rings. The average Bonchev–Trinajstić information content (AvgIpc) is 3.89. The number of ether oxygens (including phenoxy) is 3. The minimum atomic E-state index is -0.785. The lowest BCUT2D eigenvalue weighted by atomic mass is 9.95. The quantitative estimate of drug-likeness (QED) is 0.217. The highest BCUT2D eigenvalue weighted by atomic mass is 19.1. The standard InChI is InChI=1S/C37H42F2N6O4/c1-5-23-18-45(19-24(6-2)40-23)34-30-33(42-36(43-34)49-21-37(10-11-37)20-44-12-14-48-15-13-44)31(39)32(41-35(30)47-4)27-17-25(46)16-22-8-9-28(38)26(7-3)29(22)27/h3,8-9,16-17,23-24,40,46H,5-6,10-15,18-21H2,1-2,4H3. The molecular weight excluding hydrogens is 630 g/mol. The van der Waals surface area contributed by atoms with Crippen LogP contribution in [0.15, 0.2) is 24.3 Å². The van der Waals surface area contributed by atoms with Gasteiger partial charge in [0, 0.05) is 61.2 Å². The zero-order chi connectivity index (χ0) is 34.3. The zero-order valence-corrected chi connectivity index (χ0v) is 28.2. The monoisotopic (exact) mass is 672 g/mol. The fourth-order valence-corrected chi connectivity index (χ4v) is 7.16. The van der Waals surface area contributed by atoms with Gasteiger partial charge in [-0.05, 0) is 49.3 Å². The van der Waals surface area contributed by atoms with E-state index in [9.17, 15) is 9.50 Å². The molecule has 2 aromatic heterocycles. The number of benzene rings is 2. The summed E-state index contributed by atoms with van der Waals surface area (Å²) in [5.74, 6) is 1.38. The molecule has 2 saturated heterocycles. The van der Waals surface area contributed by atoms with E-state index in [4.69, 9.17) is 25.6 Å². The first-order chi connectivity index (χ1) is 23.8. The molecule has 2 aromatic carbocycles. The van der Waals surface area contributed by atoms with Gasteiger partial charge in [-0.15, -0.1) is 6.42 Å². The Morgan fingerprint density at radius 3 is 2.45 bits per heavy atom. The molecule has 4 aromatic rings. The molecule has 2 unspecified atom stereocenters. The van der Waals surface area contributed by atoms with Gasteiger partial charge in [0.1, 0.15) is 34.0 Å². The normalized spacial score (nSPS) is 20.8. The largest absolute Gasteiger partial charge is 0.508 e. The Morgan fingerprint density at radius 2 is 1.80 bits per heavy atom. The van der Waals surface area contributed by atoms with E-state index >= 15 is 4.39 Å². The maximum Gasteiger partial charge on any atom is 0.319 e. The third-order valence-electron chi connectivity index (χ3n) is 10.1. The van der Waals surface area contributed by atoms with Crippen LogP contribution in [0.25, 0.3) is 32.9 Å². The first kappa shape index (κ1) is 33.2. The summed E-state index contributed by atoms with van der Waals surface area (Å²) in [4.78, 5) is 18.8. The maximum absolute atomic E-state index is 17.1. The summed E-state index contributed by atoms with van der Waals surface area (Å²) in [6, 6.07) is 5.93. The summed E-state index contributed by atoms with van der Waals surface area (Å²) in [6.07, 6.45) is 9.58. The second-order valence-corrected chi connectivity index (χ2v) is 13.5. The van der Waals surface area contributed by atoms with Crippen LogP contribution in [-0.2, 0) is 4.74 Å². The van der Waals surface area contributed by atoms with Crippen molar-refractivity contribution in [3.05, 3.63) is 41.5 Å². The van der Waals surface area contributed by atoms with Crippen molar-refractivity contribution >= 4 is 27.5 Å². The Kier molecular flexibility index (Phi) is 9.17.